The average molecular weight is 602 g/mol. The van der Waals surface area contributed by atoms with Crippen LogP contribution in [0.3, 0.4) is 0 Å². The van der Waals surface area contributed by atoms with Gasteiger partial charge < -0.3 is 19.3 Å². The van der Waals surface area contributed by atoms with E-state index in [2.05, 4.69) is 49.8 Å². The molecule has 3 aromatic carbocycles. The van der Waals surface area contributed by atoms with E-state index in [-0.39, 0.29) is 11.3 Å². The van der Waals surface area contributed by atoms with Gasteiger partial charge in [-0.1, -0.05) is 69.0 Å². The highest BCUT2D eigenvalue weighted by atomic mass is 32.2. The highest BCUT2D eigenvalue weighted by Gasteiger charge is 2.33. The molecule has 6 nitrogen and oxygen atoms in total. The van der Waals surface area contributed by atoms with Crippen LogP contribution in [0.5, 0.6) is 17.2 Å². The van der Waals surface area contributed by atoms with E-state index < -0.39 is 0 Å². The smallest absolute Gasteiger partial charge is 0.270 e. The summed E-state index contributed by atoms with van der Waals surface area (Å²) in [5, 5.41) is 0. The first-order chi connectivity index (χ1) is 20.2. The number of carbonyl (C=O) groups is 1. The van der Waals surface area contributed by atoms with Gasteiger partial charge in [-0.05, 0) is 84.6 Å². The molecule has 2 aliphatic rings. The van der Waals surface area contributed by atoms with E-state index in [0.29, 0.717) is 15.8 Å². The minimum Gasteiger partial charge on any atom is -0.494 e. The SMILES string of the molecule is CN1CCN(CCCOc2ccc(N3C(=O)C(=Cc4ccc(Oc5ccc(C(C)(C)C)cc5)cc4)SC3=S)cc2)CC1. The summed E-state index contributed by atoms with van der Waals surface area (Å²) in [5.74, 6) is 2.21. The fourth-order valence-corrected chi connectivity index (χ4v) is 6.17. The first kappa shape index (κ1) is 30.3. The summed E-state index contributed by atoms with van der Waals surface area (Å²) in [6.45, 7) is 12.8. The van der Waals surface area contributed by atoms with E-state index in [1.54, 1.807) is 4.90 Å². The van der Waals surface area contributed by atoms with Crippen molar-refractivity contribution in [3.05, 3.63) is 88.8 Å². The van der Waals surface area contributed by atoms with Gasteiger partial charge in [-0.3, -0.25) is 9.69 Å². The Morgan fingerprint density at radius 2 is 1.45 bits per heavy atom. The lowest BCUT2D eigenvalue weighted by Gasteiger charge is -2.32. The number of rotatable bonds is 9. The number of hydrogen-bond acceptors (Lipinski definition) is 7. The number of hydrogen-bond donors (Lipinski definition) is 0. The number of likely N-dealkylation sites (N-methyl/N-ethyl adjacent to an activating group) is 1. The van der Waals surface area contributed by atoms with Gasteiger partial charge in [0, 0.05) is 32.7 Å². The maximum Gasteiger partial charge on any atom is 0.270 e. The second-order valence-corrected chi connectivity index (χ2v) is 13.5. The fourth-order valence-electron chi connectivity index (χ4n) is 4.87. The Balaban J connectivity index is 1.14. The van der Waals surface area contributed by atoms with Crippen LogP contribution >= 0.6 is 24.0 Å². The molecule has 8 heteroatoms. The fraction of sp³-hybridized carbons (Fsp3) is 0.353. The average Bonchev–Trinajstić information content (AvgIpc) is 3.25. The first-order valence-corrected chi connectivity index (χ1v) is 15.7. The van der Waals surface area contributed by atoms with Crippen molar-refractivity contribution in [2.45, 2.75) is 32.6 Å². The van der Waals surface area contributed by atoms with E-state index in [0.717, 1.165) is 67.6 Å². The van der Waals surface area contributed by atoms with Crippen LogP contribution in [-0.4, -0.2) is 66.4 Å². The number of thioether (sulfide) groups is 1. The van der Waals surface area contributed by atoms with Gasteiger partial charge in [-0.25, -0.2) is 0 Å². The number of benzene rings is 3. The first-order valence-electron chi connectivity index (χ1n) is 14.5. The number of nitrogens with zero attached hydrogens (tertiary/aromatic N) is 3. The molecule has 3 aromatic rings. The molecule has 0 unspecified atom stereocenters. The van der Waals surface area contributed by atoms with Crippen LogP contribution in [0.4, 0.5) is 5.69 Å². The Morgan fingerprint density at radius 3 is 2.07 bits per heavy atom. The maximum absolute atomic E-state index is 13.3. The lowest BCUT2D eigenvalue weighted by atomic mass is 9.87. The Kier molecular flexibility index (Phi) is 9.68. The summed E-state index contributed by atoms with van der Waals surface area (Å²) in [5.41, 5.74) is 3.01. The molecular weight excluding hydrogens is 563 g/mol. The predicted molar refractivity (Wildman–Crippen MR) is 178 cm³/mol. The minimum absolute atomic E-state index is 0.101. The van der Waals surface area contributed by atoms with Gasteiger partial charge >= 0.3 is 0 Å². The molecule has 0 atom stereocenters. The largest absolute Gasteiger partial charge is 0.494 e. The number of ether oxygens (including phenoxy) is 2. The summed E-state index contributed by atoms with van der Waals surface area (Å²) in [6, 6.07) is 23.5. The summed E-state index contributed by atoms with van der Waals surface area (Å²) in [6.07, 6.45) is 2.86. The van der Waals surface area contributed by atoms with Gasteiger partial charge in [0.05, 0.1) is 17.2 Å². The molecule has 2 fully saturated rings. The monoisotopic (exact) mass is 601 g/mol. The zero-order valence-corrected chi connectivity index (χ0v) is 26.5. The number of thiocarbonyl (C=S) groups is 1. The van der Waals surface area contributed by atoms with Crippen molar-refractivity contribution in [2.24, 2.45) is 0 Å². The third-order valence-electron chi connectivity index (χ3n) is 7.51. The highest BCUT2D eigenvalue weighted by Crippen LogP contribution is 2.37. The van der Waals surface area contributed by atoms with Gasteiger partial charge in [0.25, 0.3) is 5.91 Å². The number of amides is 1. The third kappa shape index (κ3) is 7.81. The van der Waals surface area contributed by atoms with Crippen molar-refractivity contribution in [2.75, 3.05) is 51.3 Å². The van der Waals surface area contributed by atoms with Crippen LogP contribution in [0, 0.1) is 0 Å². The Bertz CT molecular complexity index is 1410. The molecule has 2 saturated heterocycles. The van der Waals surface area contributed by atoms with Gasteiger partial charge in [-0.2, -0.15) is 0 Å². The van der Waals surface area contributed by atoms with E-state index in [1.165, 1.54) is 17.3 Å². The molecule has 220 valence electrons. The third-order valence-corrected chi connectivity index (χ3v) is 8.81. The van der Waals surface area contributed by atoms with Crippen LogP contribution in [0.15, 0.2) is 77.7 Å². The van der Waals surface area contributed by atoms with Gasteiger partial charge in [0.1, 0.15) is 17.2 Å². The van der Waals surface area contributed by atoms with E-state index in [9.17, 15) is 4.79 Å². The van der Waals surface area contributed by atoms with Gasteiger partial charge in [0.2, 0.25) is 0 Å². The second-order valence-electron chi connectivity index (χ2n) is 11.8. The molecule has 5 rings (SSSR count). The van der Waals surface area contributed by atoms with Crippen molar-refractivity contribution in [1.29, 1.82) is 0 Å². The molecule has 2 aliphatic heterocycles. The van der Waals surface area contributed by atoms with Crippen molar-refractivity contribution < 1.29 is 14.3 Å². The molecule has 2 heterocycles. The van der Waals surface area contributed by atoms with Crippen molar-refractivity contribution in [3.63, 3.8) is 0 Å². The van der Waals surface area contributed by atoms with E-state index in [1.807, 2.05) is 66.7 Å². The standard InChI is InChI=1S/C34H39N3O3S2/c1-34(2,3)26-8-14-30(15-9-26)40-29-12-6-25(7-13-29)24-31-32(38)37(33(41)42-31)27-10-16-28(17-11-27)39-23-5-18-36-21-19-35(4)20-22-36/h6-17,24H,5,18-23H2,1-4H3. The molecule has 42 heavy (non-hydrogen) atoms. The molecule has 0 spiro atoms. The molecule has 0 aromatic heterocycles. The van der Waals surface area contributed by atoms with Crippen molar-refractivity contribution in [1.82, 2.24) is 9.80 Å². The lowest BCUT2D eigenvalue weighted by molar-refractivity contribution is -0.113. The normalized spacial score (nSPS) is 17.7. The zero-order chi connectivity index (χ0) is 29.7. The van der Waals surface area contributed by atoms with Crippen LogP contribution < -0.4 is 14.4 Å². The Hall–Kier alpha value is -3.17. The lowest BCUT2D eigenvalue weighted by Crippen LogP contribution is -2.44. The van der Waals surface area contributed by atoms with Crippen LogP contribution in [0.1, 0.15) is 38.3 Å². The molecule has 0 aliphatic carbocycles. The second kappa shape index (κ2) is 13.4. The Morgan fingerprint density at radius 1 is 0.857 bits per heavy atom. The quantitative estimate of drug-likeness (QED) is 0.146. The number of anilines is 1. The molecule has 0 radical (unpaired) electrons. The molecular formula is C34H39N3O3S2. The summed E-state index contributed by atoms with van der Waals surface area (Å²) < 4.78 is 12.5. The summed E-state index contributed by atoms with van der Waals surface area (Å²) in [7, 11) is 2.17. The summed E-state index contributed by atoms with van der Waals surface area (Å²) in [4.78, 5) is 20.3. The number of carbonyl (C=O) groups excluding carboxylic acids is 1. The van der Waals surface area contributed by atoms with Crippen LogP contribution in [0.25, 0.3) is 6.08 Å². The Labute approximate surface area is 259 Å². The molecule has 0 bridgehead atoms. The van der Waals surface area contributed by atoms with Crippen LogP contribution in [0.2, 0.25) is 0 Å². The zero-order valence-electron chi connectivity index (χ0n) is 24.8. The molecule has 1 amide bonds. The van der Waals surface area contributed by atoms with Gasteiger partial charge in [0.15, 0.2) is 4.32 Å². The summed E-state index contributed by atoms with van der Waals surface area (Å²) >= 11 is 6.89. The number of piperazine rings is 1. The topological polar surface area (TPSA) is 45.2 Å². The minimum atomic E-state index is -0.120. The molecule has 0 saturated carbocycles. The van der Waals surface area contributed by atoms with E-state index in [4.69, 9.17) is 21.7 Å². The maximum atomic E-state index is 13.3. The van der Waals surface area contributed by atoms with Crippen molar-refractivity contribution in [3.8, 4) is 17.2 Å². The van der Waals surface area contributed by atoms with Crippen molar-refractivity contribution >= 4 is 46.0 Å². The van der Waals surface area contributed by atoms with Crippen LogP contribution in [-0.2, 0) is 10.2 Å². The van der Waals surface area contributed by atoms with E-state index >= 15 is 0 Å². The molecule has 0 N–H and O–H groups in total. The highest BCUT2D eigenvalue weighted by molar-refractivity contribution is 8.27. The van der Waals surface area contributed by atoms with Gasteiger partial charge in [-0.15, -0.1) is 0 Å². The predicted octanol–water partition coefficient (Wildman–Crippen LogP) is 7.20.